The van der Waals surface area contributed by atoms with Crippen molar-refractivity contribution < 1.29 is 4.79 Å². The molecule has 2 unspecified atom stereocenters. The number of carbonyl (C=O) groups is 1. The van der Waals surface area contributed by atoms with Crippen molar-refractivity contribution in [2.24, 2.45) is 11.7 Å². The molecule has 2 nitrogen and oxygen atoms in total. The molecule has 0 bridgehead atoms. The van der Waals surface area contributed by atoms with Gasteiger partial charge in [-0.1, -0.05) is 63.9 Å². The number of hydrogen-bond acceptors (Lipinski definition) is 2. The summed E-state index contributed by atoms with van der Waals surface area (Å²) < 4.78 is 0. The van der Waals surface area contributed by atoms with Gasteiger partial charge >= 0.3 is 0 Å². The lowest BCUT2D eigenvalue weighted by Gasteiger charge is -2.33. The Morgan fingerprint density at radius 1 is 1.39 bits per heavy atom. The van der Waals surface area contributed by atoms with Gasteiger partial charge < -0.3 is 5.73 Å². The van der Waals surface area contributed by atoms with Gasteiger partial charge in [-0.15, -0.1) is 0 Å². The van der Waals surface area contributed by atoms with Crippen LogP contribution in [-0.2, 0) is 10.3 Å². The highest BCUT2D eigenvalue weighted by Gasteiger charge is 2.38. The second-order valence-corrected chi connectivity index (χ2v) is 4.62. The summed E-state index contributed by atoms with van der Waals surface area (Å²) in [4.78, 5) is 11.8. The van der Waals surface area contributed by atoms with E-state index >= 15 is 0 Å². The standard InChI is InChI=1S/C13H18ClNO.C2H6/c1-4-9(2)13(15,10(3)16)11-7-5-6-8-12(11)14;1-2/h5-9H,4,15H2,1-3H3;1-2H3. The Bertz CT molecular complexity index is 392. The summed E-state index contributed by atoms with van der Waals surface area (Å²) in [5.41, 5.74) is 6.02. The Balaban J connectivity index is 0.00000137. The molecule has 1 aromatic rings. The van der Waals surface area contributed by atoms with Crippen molar-refractivity contribution in [2.45, 2.75) is 46.6 Å². The minimum atomic E-state index is -0.979. The molecule has 18 heavy (non-hydrogen) atoms. The van der Waals surface area contributed by atoms with E-state index in [0.717, 1.165) is 12.0 Å². The zero-order chi connectivity index (χ0) is 14.3. The van der Waals surface area contributed by atoms with Crippen LogP contribution in [0.1, 0.15) is 46.6 Å². The molecular weight excluding hydrogens is 246 g/mol. The fourth-order valence-corrected chi connectivity index (χ4v) is 2.21. The molecule has 3 heteroatoms. The van der Waals surface area contributed by atoms with E-state index in [0.29, 0.717) is 5.02 Å². The molecule has 0 fully saturated rings. The van der Waals surface area contributed by atoms with E-state index in [9.17, 15) is 4.79 Å². The molecule has 2 atom stereocenters. The molecule has 102 valence electrons. The number of Topliss-reactive ketones (excluding diaryl/α,β-unsaturated/α-hetero) is 1. The first kappa shape index (κ1) is 17.1. The van der Waals surface area contributed by atoms with E-state index in [4.69, 9.17) is 17.3 Å². The lowest BCUT2D eigenvalue weighted by molar-refractivity contribution is -0.124. The second kappa shape index (κ2) is 7.55. The Morgan fingerprint density at radius 2 is 1.89 bits per heavy atom. The van der Waals surface area contributed by atoms with Gasteiger partial charge in [-0.25, -0.2) is 0 Å². The van der Waals surface area contributed by atoms with Gasteiger partial charge in [0.15, 0.2) is 5.78 Å². The number of nitrogens with two attached hydrogens (primary N) is 1. The minimum absolute atomic E-state index is 0.0463. The summed E-state index contributed by atoms with van der Waals surface area (Å²) in [5.74, 6) is 0.0137. The molecule has 0 aliphatic carbocycles. The van der Waals surface area contributed by atoms with Gasteiger partial charge in [0.1, 0.15) is 5.54 Å². The lowest BCUT2D eigenvalue weighted by Crippen LogP contribution is -2.49. The van der Waals surface area contributed by atoms with Crippen LogP contribution in [0.5, 0.6) is 0 Å². The molecule has 0 spiro atoms. The van der Waals surface area contributed by atoms with Crippen molar-refractivity contribution in [3.8, 4) is 0 Å². The minimum Gasteiger partial charge on any atom is -0.315 e. The number of hydrogen-bond donors (Lipinski definition) is 1. The maximum absolute atomic E-state index is 11.8. The molecular formula is C15H24ClNO. The Hall–Kier alpha value is -0.860. The third-order valence-corrected chi connectivity index (χ3v) is 3.62. The maximum Gasteiger partial charge on any atom is 0.154 e. The van der Waals surface area contributed by atoms with Crippen LogP contribution in [0, 0.1) is 5.92 Å². The van der Waals surface area contributed by atoms with Gasteiger partial charge in [0.2, 0.25) is 0 Å². The van der Waals surface area contributed by atoms with Gasteiger partial charge in [-0.3, -0.25) is 4.79 Å². The maximum atomic E-state index is 11.8. The Labute approximate surface area is 116 Å². The predicted octanol–water partition coefficient (Wildman–Crippen LogP) is 4.16. The van der Waals surface area contributed by atoms with E-state index in [2.05, 4.69) is 0 Å². The quantitative estimate of drug-likeness (QED) is 0.892. The normalized spacial score (nSPS) is 15.1. The summed E-state index contributed by atoms with van der Waals surface area (Å²) in [6.45, 7) is 9.52. The summed E-state index contributed by atoms with van der Waals surface area (Å²) in [7, 11) is 0. The summed E-state index contributed by atoms with van der Waals surface area (Å²) >= 11 is 6.12. The van der Waals surface area contributed by atoms with Crippen molar-refractivity contribution in [2.75, 3.05) is 0 Å². The van der Waals surface area contributed by atoms with Crippen molar-refractivity contribution >= 4 is 17.4 Å². The largest absolute Gasteiger partial charge is 0.315 e. The Morgan fingerprint density at radius 3 is 2.28 bits per heavy atom. The average molecular weight is 270 g/mol. The highest BCUT2D eigenvalue weighted by Crippen LogP contribution is 2.34. The third kappa shape index (κ3) is 3.33. The summed E-state index contributed by atoms with van der Waals surface area (Å²) in [6, 6.07) is 7.29. The van der Waals surface area contributed by atoms with Gasteiger partial charge in [0, 0.05) is 5.02 Å². The average Bonchev–Trinajstić information content (AvgIpc) is 2.39. The van der Waals surface area contributed by atoms with Crippen molar-refractivity contribution in [1.82, 2.24) is 0 Å². The summed E-state index contributed by atoms with van der Waals surface area (Å²) in [5, 5.41) is 0.556. The number of carbonyl (C=O) groups excluding carboxylic acids is 1. The van der Waals surface area contributed by atoms with Crippen LogP contribution in [0.4, 0.5) is 0 Å². The highest BCUT2D eigenvalue weighted by atomic mass is 35.5. The van der Waals surface area contributed by atoms with Crippen LogP contribution in [0.3, 0.4) is 0 Å². The molecule has 0 heterocycles. The van der Waals surface area contributed by atoms with E-state index in [1.165, 1.54) is 6.92 Å². The van der Waals surface area contributed by atoms with Gasteiger partial charge in [-0.2, -0.15) is 0 Å². The van der Waals surface area contributed by atoms with Crippen LogP contribution in [0.25, 0.3) is 0 Å². The van der Waals surface area contributed by atoms with Crippen molar-refractivity contribution in [3.63, 3.8) is 0 Å². The zero-order valence-corrected chi connectivity index (χ0v) is 12.7. The van der Waals surface area contributed by atoms with Crippen LogP contribution in [0.2, 0.25) is 5.02 Å². The molecule has 0 aliphatic heterocycles. The van der Waals surface area contributed by atoms with Crippen LogP contribution >= 0.6 is 11.6 Å². The second-order valence-electron chi connectivity index (χ2n) is 4.21. The molecule has 0 amide bonds. The molecule has 1 aromatic carbocycles. The molecule has 0 radical (unpaired) electrons. The van der Waals surface area contributed by atoms with Crippen LogP contribution in [-0.4, -0.2) is 5.78 Å². The van der Waals surface area contributed by atoms with Crippen molar-refractivity contribution in [3.05, 3.63) is 34.9 Å². The molecule has 0 saturated heterocycles. The molecule has 2 N–H and O–H groups in total. The SMILES string of the molecule is CC.CCC(C)C(N)(C(C)=O)c1ccccc1Cl. The fraction of sp³-hybridized carbons (Fsp3) is 0.533. The first-order chi connectivity index (χ1) is 8.44. The fourth-order valence-electron chi connectivity index (χ4n) is 1.92. The number of ketones is 1. The smallest absolute Gasteiger partial charge is 0.154 e. The van der Waals surface area contributed by atoms with Gasteiger partial charge in [-0.05, 0) is 24.5 Å². The monoisotopic (exact) mass is 269 g/mol. The Kier molecular flexibility index (Phi) is 7.19. The topological polar surface area (TPSA) is 43.1 Å². The van der Waals surface area contributed by atoms with E-state index in [1.54, 1.807) is 6.07 Å². The summed E-state index contributed by atoms with van der Waals surface area (Å²) in [6.07, 6.45) is 0.835. The highest BCUT2D eigenvalue weighted by molar-refractivity contribution is 6.31. The number of benzene rings is 1. The van der Waals surface area contributed by atoms with E-state index in [-0.39, 0.29) is 11.7 Å². The zero-order valence-electron chi connectivity index (χ0n) is 12.0. The molecule has 0 aromatic heterocycles. The molecule has 1 rings (SSSR count). The number of rotatable bonds is 4. The predicted molar refractivity (Wildman–Crippen MR) is 78.8 cm³/mol. The van der Waals surface area contributed by atoms with Crippen molar-refractivity contribution in [1.29, 1.82) is 0 Å². The lowest BCUT2D eigenvalue weighted by atomic mass is 9.76. The van der Waals surface area contributed by atoms with Crippen LogP contribution < -0.4 is 5.73 Å². The van der Waals surface area contributed by atoms with Crippen LogP contribution in [0.15, 0.2) is 24.3 Å². The first-order valence-electron chi connectivity index (χ1n) is 6.49. The molecule has 0 aliphatic rings. The third-order valence-electron chi connectivity index (χ3n) is 3.29. The van der Waals surface area contributed by atoms with E-state index in [1.807, 2.05) is 45.9 Å². The number of halogens is 1. The van der Waals surface area contributed by atoms with E-state index < -0.39 is 5.54 Å². The van der Waals surface area contributed by atoms with Gasteiger partial charge in [0.25, 0.3) is 0 Å². The first-order valence-corrected chi connectivity index (χ1v) is 6.87. The van der Waals surface area contributed by atoms with Gasteiger partial charge in [0.05, 0.1) is 0 Å². The molecule has 0 saturated carbocycles.